The molecule has 74 valence electrons. The van der Waals surface area contributed by atoms with Crippen LogP contribution < -0.4 is 4.74 Å². The third-order valence-corrected chi connectivity index (χ3v) is 1.93. The number of rotatable bonds is 2. The molecule has 0 amide bonds. The maximum Gasteiger partial charge on any atom is 0.237 e. The van der Waals surface area contributed by atoms with Crippen LogP contribution in [-0.2, 0) is 0 Å². The van der Waals surface area contributed by atoms with Gasteiger partial charge in [-0.25, -0.2) is 0 Å². The SMILES string of the molecule is OCOc1[nH]c2ccc(O)cc2c1O. The number of phenolic OH excluding ortho intramolecular Hbond substituents is 1. The highest BCUT2D eigenvalue weighted by Crippen LogP contribution is 2.36. The monoisotopic (exact) mass is 195 g/mol. The standard InChI is InChI=1S/C9H9NO4/c11-4-14-9-8(13)6-3-5(12)1-2-7(6)10-9/h1-3,10-13H,4H2. The first kappa shape index (κ1) is 8.71. The number of nitrogens with one attached hydrogen (secondary N) is 1. The van der Waals surface area contributed by atoms with Gasteiger partial charge >= 0.3 is 0 Å². The fourth-order valence-corrected chi connectivity index (χ4v) is 1.31. The number of aromatic nitrogens is 1. The Kier molecular flexibility index (Phi) is 1.94. The van der Waals surface area contributed by atoms with E-state index in [1.165, 1.54) is 12.1 Å². The van der Waals surface area contributed by atoms with Gasteiger partial charge in [0.15, 0.2) is 12.5 Å². The minimum atomic E-state index is -0.521. The summed E-state index contributed by atoms with van der Waals surface area (Å²) in [5.41, 5.74) is 0.628. The van der Waals surface area contributed by atoms with E-state index >= 15 is 0 Å². The van der Waals surface area contributed by atoms with Gasteiger partial charge in [-0.1, -0.05) is 0 Å². The smallest absolute Gasteiger partial charge is 0.237 e. The molecule has 1 heterocycles. The number of hydrogen-bond donors (Lipinski definition) is 4. The summed E-state index contributed by atoms with van der Waals surface area (Å²) in [5.74, 6) is 0.0281. The second kappa shape index (κ2) is 3.12. The van der Waals surface area contributed by atoms with Gasteiger partial charge in [0.25, 0.3) is 0 Å². The van der Waals surface area contributed by atoms with Crippen molar-refractivity contribution >= 4 is 10.9 Å². The zero-order valence-corrected chi connectivity index (χ0v) is 7.19. The van der Waals surface area contributed by atoms with Crippen LogP contribution in [0.15, 0.2) is 18.2 Å². The van der Waals surface area contributed by atoms with Gasteiger partial charge in [0.05, 0.1) is 5.52 Å². The van der Waals surface area contributed by atoms with Crippen LogP contribution in [0, 0.1) is 0 Å². The summed E-state index contributed by atoms with van der Waals surface area (Å²) >= 11 is 0. The Bertz CT molecular complexity index is 463. The largest absolute Gasteiger partial charge is 0.508 e. The summed E-state index contributed by atoms with van der Waals surface area (Å²) in [6.45, 7) is -0.521. The molecule has 2 aromatic rings. The number of aliphatic hydroxyl groups is 1. The number of fused-ring (bicyclic) bond motifs is 1. The highest BCUT2D eigenvalue weighted by molar-refractivity contribution is 5.89. The molecule has 0 fully saturated rings. The molecule has 0 saturated heterocycles. The third-order valence-electron chi connectivity index (χ3n) is 1.93. The molecule has 0 radical (unpaired) electrons. The Hall–Kier alpha value is -1.88. The lowest BCUT2D eigenvalue weighted by Crippen LogP contribution is -1.94. The van der Waals surface area contributed by atoms with Gasteiger partial charge < -0.3 is 25.0 Å². The fraction of sp³-hybridized carbons (Fsp3) is 0.111. The van der Waals surface area contributed by atoms with Crippen molar-refractivity contribution < 1.29 is 20.1 Å². The first-order valence-corrected chi connectivity index (χ1v) is 3.99. The van der Waals surface area contributed by atoms with E-state index in [1.54, 1.807) is 6.07 Å². The summed E-state index contributed by atoms with van der Waals surface area (Å²) in [5, 5.41) is 27.7. The molecule has 1 aromatic heterocycles. The molecule has 0 spiro atoms. The van der Waals surface area contributed by atoms with Crippen molar-refractivity contribution in [1.29, 1.82) is 0 Å². The van der Waals surface area contributed by atoms with Crippen molar-refractivity contribution in [3.8, 4) is 17.4 Å². The fourth-order valence-electron chi connectivity index (χ4n) is 1.31. The average Bonchev–Trinajstić information content (AvgIpc) is 2.46. The Morgan fingerprint density at radius 3 is 2.79 bits per heavy atom. The number of ether oxygens (including phenoxy) is 1. The van der Waals surface area contributed by atoms with E-state index in [1.807, 2.05) is 0 Å². The van der Waals surface area contributed by atoms with Crippen molar-refractivity contribution in [1.82, 2.24) is 4.98 Å². The van der Waals surface area contributed by atoms with Crippen LogP contribution >= 0.6 is 0 Å². The van der Waals surface area contributed by atoms with Crippen molar-refractivity contribution in [3.05, 3.63) is 18.2 Å². The normalized spacial score (nSPS) is 10.6. The number of aliphatic hydroxyl groups excluding tert-OH is 1. The number of aromatic hydroxyl groups is 2. The number of benzene rings is 1. The Morgan fingerprint density at radius 1 is 1.29 bits per heavy atom. The van der Waals surface area contributed by atoms with Gasteiger partial charge in [-0.3, -0.25) is 0 Å². The first-order valence-electron chi connectivity index (χ1n) is 3.99. The molecular weight excluding hydrogens is 186 g/mol. The second-order valence-electron chi connectivity index (χ2n) is 2.81. The Labute approximate surface area is 79.2 Å². The summed E-state index contributed by atoms with van der Waals surface area (Å²) in [6.07, 6.45) is 0. The summed E-state index contributed by atoms with van der Waals surface area (Å²) < 4.78 is 4.73. The van der Waals surface area contributed by atoms with E-state index in [9.17, 15) is 10.2 Å². The minimum Gasteiger partial charge on any atom is -0.508 e. The summed E-state index contributed by atoms with van der Waals surface area (Å²) in [4.78, 5) is 2.75. The molecule has 0 atom stereocenters. The highest BCUT2D eigenvalue weighted by atomic mass is 16.6. The second-order valence-corrected chi connectivity index (χ2v) is 2.81. The molecule has 0 aliphatic carbocycles. The maximum atomic E-state index is 9.57. The van der Waals surface area contributed by atoms with Gasteiger partial charge in [0, 0.05) is 5.39 Å². The van der Waals surface area contributed by atoms with Crippen molar-refractivity contribution in [2.75, 3.05) is 6.79 Å². The molecule has 0 aliphatic heterocycles. The van der Waals surface area contributed by atoms with Crippen LogP contribution in [-0.4, -0.2) is 27.1 Å². The van der Waals surface area contributed by atoms with Crippen LogP contribution in [0.4, 0.5) is 0 Å². The van der Waals surface area contributed by atoms with Crippen LogP contribution in [0.3, 0.4) is 0 Å². The topological polar surface area (TPSA) is 85.7 Å². The zero-order chi connectivity index (χ0) is 10.1. The Balaban J connectivity index is 2.62. The van der Waals surface area contributed by atoms with E-state index in [-0.39, 0.29) is 17.4 Å². The van der Waals surface area contributed by atoms with Crippen LogP contribution in [0.25, 0.3) is 10.9 Å². The van der Waals surface area contributed by atoms with Crippen molar-refractivity contribution in [2.24, 2.45) is 0 Å². The van der Waals surface area contributed by atoms with Crippen molar-refractivity contribution in [2.45, 2.75) is 0 Å². The van der Waals surface area contributed by atoms with Gasteiger partial charge in [-0.15, -0.1) is 0 Å². The molecule has 5 heteroatoms. The lowest BCUT2D eigenvalue weighted by molar-refractivity contribution is 0.0920. The van der Waals surface area contributed by atoms with E-state index in [0.717, 1.165) is 0 Å². The van der Waals surface area contributed by atoms with E-state index in [0.29, 0.717) is 10.9 Å². The molecule has 2 rings (SSSR count). The molecule has 14 heavy (non-hydrogen) atoms. The van der Waals surface area contributed by atoms with Crippen LogP contribution in [0.1, 0.15) is 0 Å². The van der Waals surface area contributed by atoms with Gasteiger partial charge in [-0.05, 0) is 18.2 Å². The maximum absolute atomic E-state index is 9.57. The summed E-state index contributed by atoms with van der Waals surface area (Å²) in [7, 11) is 0. The van der Waals surface area contributed by atoms with E-state index in [2.05, 4.69) is 4.98 Å². The number of aromatic amines is 1. The lowest BCUT2D eigenvalue weighted by Gasteiger charge is -1.97. The Morgan fingerprint density at radius 2 is 2.07 bits per heavy atom. The van der Waals surface area contributed by atoms with Gasteiger partial charge in [-0.2, -0.15) is 0 Å². The number of hydrogen-bond acceptors (Lipinski definition) is 4. The molecule has 0 aliphatic rings. The quantitative estimate of drug-likeness (QED) is 0.536. The van der Waals surface area contributed by atoms with Gasteiger partial charge in [0.2, 0.25) is 5.88 Å². The molecule has 0 bridgehead atoms. The van der Waals surface area contributed by atoms with E-state index in [4.69, 9.17) is 9.84 Å². The molecule has 1 aromatic carbocycles. The van der Waals surface area contributed by atoms with Crippen LogP contribution in [0.5, 0.6) is 17.4 Å². The molecule has 5 nitrogen and oxygen atoms in total. The number of phenols is 1. The predicted octanol–water partition coefficient (Wildman–Crippen LogP) is 0.908. The van der Waals surface area contributed by atoms with Gasteiger partial charge in [0.1, 0.15) is 5.75 Å². The summed E-state index contributed by atoms with van der Waals surface area (Å²) in [6, 6.07) is 4.50. The molecule has 4 N–H and O–H groups in total. The lowest BCUT2D eigenvalue weighted by atomic mass is 10.2. The van der Waals surface area contributed by atoms with Crippen LogP contribution in [0.2, 0.25) is 0 Å². The number of H-pyrrole nitrogens is 1. The molecular formula is C9H9NO4. The third kappa shape index (κ3) is 1.23. The zero-order valence-electron chi connectivity index (χ0n) is 7.19. The predicted molar refractivity (Wildman–Crippen MR) is 49.3 cm³/mol. The first-order chi connectivity index (χ1) is 6.72. The highest BCUT2D eigenvalue weighted by Gasteiger charge is 2.11. The van der Waals surface area contributed by atoms with E-state index < -0.39 is 6.79 Å². The molecule has 0 unspecified atom stereocenters. The van der Waals surface area contributed by atoms with Crippen molar-refractivity contribution in [3.63, 3.8) is 0 Å². The average molecular weight is 195 g/mol. The molecule has 0 saturated carbocycles. The minimum absolute atomic E-state index is 0.0577.